The van der Waals surface area contributed by atoms with Crippen molar-refractivity contribution in [3.05, 3.63) is 41.5 Å². The second kappa shape index (κ2) is 14.2. The van der Waals surface area contributed by atoms with E-state index in [4.69, 9.17) is 15.2 Å². The van der Waals surface area contributed by atoms with Crippen molar-refractivity contribution in [2.75, 3.05) is 38.0 Å². The van der Waals surface area contributed by atoms with Crippen LogP contribution in [0, 0.1) is 0 Å². The van der Waals surface area contributed by atoms with E-state index in [9.17, 15) is 9.59 Å². The average Bonchev–Trinajstić information content (AvgIpc) is 3.28. The van der Waals surface area contributed by atoms with Gasteiger partial charge in [-0.2, -0.15) is 24.4 Å². The molecule has 9 heteroatoms. The fraction of sp³-hybridized carbons (Fsp3) is 0.615. The molecule has 7 nitrogen and oxygen atoms in total. The Hall–Kier alpha value is -1.68. The van der Waals surface area contributed by atoms with Crippen molar-refractivity contribution in [3.8, 4) is 5.75 Å². The van der Waals surface area contributed by atoms with E-state index in [0.717, 1.165) is 24.3 Å². The van der Waals surface area contributed by atoms with Gasteiger partial charge < -0.3 is 20.5 Å². The number of hydrogen-bond donors (Lipinski definition) is 3. The van der Waals surface area contributed by atoms with Gasteiger partial charge in [0.25, 0.3) is 0 Å². The third-order valence-corrected chi connectivity index (χ3v) is 7.73. The van der Waals surface area contributed by atoms with Crippen LogP contribution >= 0.6 is 24.4 Å². The standard InChI is InChI=1S/C26H39N3O4S2/c1-32-26(31)22(12-14-35-2)28-25(30)23-15-20(16-29(23)13-6-9-19(27)17-34)33-24-11-5-8-18-7-3-4-10-21(18)24/h5-6,8-9,11,19-20,22-23,34H,3-4,7,10,12-17,27H2,1-2H3,(H,28,30)/b9-6+/t19?,20-,22-,23-/m0/s1. The van der Waals surface area contributed by atoms with Crippen LogP contribution in [0.5, 0.6) is 5.75 Å². The lowest BCUT2D eigenvalue weighted by atomic mass is 9.91. The third kappa shape index (κ3) is 7.90. The maximum absolute atomic E-state index is 13.3. The number of hydrogen-bond acceptors (Lipinski definition) is 8. The zero-order valence-electron chi connectivity index (χ0n) is 20.8. The molecule has 0 spiro atoms. The molecule has 3 rings (SSSR count). The summed E-state index contributed by atoms with van der Waals surface area (Å²) in [6.07, 6.45) is 11.4. The maximum Gasteiger partial charge on any atom is 0.328 e. The zero-order valence-corrected chi connectivity index (χ0v) is 22.5. The molecule has 1 aromatic rings. The number of carbonyl (C=O) groups excluding carboxylic acids is 2. The number of esters is 1. The average molecular weight is 522 g/mol. The second-order valence-electron chi connectivity index (χ2n) is 9.19. The molecule has 1 aliphatic heterocycles. The predicted molar refractivity (Wildman–Crippen MR) is 145 cm³/mol. The van der Waals surface area contributed by atoms with Crippen molar-refractivity contribution < 1.29 is 19.1 Å². The highest BCUT2D eigenvalue weighted by atomic mass is 32.2. The Kier molecular flexibility index (Phi) is 11.3. The first kappa shape index (κ1) is 27.9. The number of aryl methyl sites for hydroxylation is 1. The molecular formula is C26H39N3O4S2. The quantitative estimate of drug-likeness (QED) is 0.221. The second-order valence-corrected chi connectivity index (χ2v) is 10.5. The molecule has 1 amide bonds. The minimum Gasteiger partial charge on any atom is -0.489 e. The predicted octanol–water partition coefficient (Wildman–Crippen LogP) is 2.61. The molecule has 2 aliphatic rings. The summed E-state index contributed by atoms with van der Waals surface area (Å²) < 4.78 is 11.4. The fourth-order valence-corrected chi connectivity index (χ4v) is 5.38. The van der Waals surface area contributed by atoms with Crippen LogP contribution in [0.15, 0.2) is 30.4 Å². The van der Waals surface area contributed by atoms with Crippen LogP contribution in [0.1, 0.15) is 36.8 Å². The molecule has 1 aromatic carbocycles. The highest BCUT2D eigenvalue weighted by Crippen LogP contribution is 2.32. The Labute approximate surface area is 219 Å². The van der Waals surface area contributed by atoms with Gasteiger partial charge >= 0.3 is 5.97 Å². The number of thiol groups is 1. The number of methoxy groups -OCH3 is 1. The van der Waals surface area contributed by atoms with E-state index in [2.05, 4.69) is 35.0 Å². The number of ether oxygens (including phenoxy) is 2. The molecule has 1 unspecified atom stereocenters. The Morgan fingerprint density at radius 2 is 2.14 bits per heavy atom. The van der Waals surface area contributed by atoms with E-state index in [1.54, 1.807) is 11.8 Å². The highest BCUT2D eigenvalue weighted by molar-refractivity contribution is 7.98. The fourth-order valence-electron chi connectivity index (χ4n) is 4.78. The summed E-state index contributed by atoms with van der Waals surface area (Å²) in [5.74, 6) is 1.66. The number of likely N-dealkylation sites (tertiary alicyclic amines) is 1. The lowest BCUT2D eigenvalue weighted by Crippen LogP contribution is -2.50. The third-order valence-electron chi connectivity index (χ3n) is 6.66. The van der Waals surface area contributed by atoms with Crippen molar-refractivity contribution >= 4 is 36.3 Å². The summed E-state index contributed by atoms with van der Waals surface area (Å²) in [5.41, 5.74) is 8.65. The SMILES string of the molecule is COC(=O)[C@H](CCSC)NC(=O)[C@@H]1C[C@H](Oc2cccc3c2CCCC3)CN1C/C=C/C(N)CS. The molecule has 35 heavy (non-hydrogen) atoms. The number of carbonyl (C=O) groups is 2. The van der Waals surface area contributed by atoms with Gasteiger partial charge in [-0.05, 0) is 61.3 Å². The summed E-state index contributed by atoms with van der Waals surface area (Å²) in [5, 5.41) is 2.93. The number of nitrogens with one attached hydrogen (secondary N) is 1. The highest BCUT2D eigenvalue weighted by Gasteiger charge is 2.39. The molecule has 1 fully saturated rings. The minimum absolute atomic E-state index is 0.117. The van der Waals surface area contributed by atoms with E-state index in [1.807, 2.05) is 24.5 Å². The Balaban J connectivity index is 1.73. The molecule has 1 heterocycles. The first-order valence-corrected chi connectivity index (χ1v) is 14.4. The van der Waals surface area contributed by atoms with Gasteiger partial charge in [0, 0.05) is 31.3 Å². The molecule has 0 bridgehead atoms. The zero-order chi connectivity index (χ0) is 25.2. The first-order valence-electron chi connectivity index (χ1n) is 12.4. The lowest BCUT2D eigenvalue weighted by Gasteiger charge is -2.24. The number of amides is 1. The van der Waals surface area contributed by atoms with Crippen LogP contribution in [0.4, 0.5) is 0 Å². The number of fused-ring (bicyclic) bond motifs is 1. The van der Waals surface area contributed by atoms with Gasteiger partial charge in [0.2, 0.25) is 5.91 Å². The van der Waals surface area contributed by atoms with Crippen molar-refractivity contribution in [1.82, 2.24) is 10.2 Å². The van der Waals surface area contributed by atoms with Crippen molar-refractivity contribution in [2.45, 2.75) is 62.8 Å². The maximum atomic E-state index is 13.3. The van der Waals surface area contributed by atoms with Crippen LogP contribution in [-0.2, 0) is 27.2 Å². The van der Waals surface area contributed by atoms with E-state index >= 15 is 0 Å². The van der Waals surface area contributed by atoms with Gasteiger partial charge in [-0.1, -0.05) is 24.3 Å². The number of benzene rings is 1. The number of nitrogens with zero attached hydrogens (tertiary/aromatic N) is 1. The van der Waals surface area contributed by atoms with E-state index in [0.29, 0.717) is 31.7 Å². The lowest BCUT2D eigenvalue weighted by molar-refractivity contribution is -0.145. The summed E-state index contributed by atoms with van der Waals surface area (Å²) in [6.45, 7) is 1.19. The monoisotopic (exact) mass is 521 g/mol. The molecule has 1 saturated heterocycles. The molecule has 3 N–H and O–H groups in total. The normalized spacial score (nSPS) is 21.9. The molecule has 0 radical (unpaired) electrons. The van der Waals surface area contributed by atoms with E-state index < -0.39 is 18.1 Å². The van der Waals surface area contributed by atoms with E-state index in [1.165, 1.54) is 31.1 Å². The smallest absolute Gasteiger partial charge is 0.328 e. The van der Waals surface area contributed by atoms with Crippen molar-refractivity contribution in [2.24, 2.45) is 5.73 Å². The van der Waals surface area contributed by atoms with Gasteiger partial charge in [0.05, 0.1) is 13.2 Å². The Morgan fingerprint density at radius 1 is 1.34 bits per heavy atom. The topological polar surface area (TPSA) is 93.9 Å². The van der Waals surface area contributed by atoms with Gasteiger partial charge in [0.1, 0.15) is 17.9 Å². The molecule has 0 aromatic heterocycles. The van der Waals surface area contributed by atoms with Gasteiger partial charge in [-0.25, -0.2) is 4.79 Å². The van der Waals surface area contributed by atoms with Crippen LogP contribution in [0.2, 0.25) is 0 Å². The van der Waals surface area contributed by atoms with Crippen LogP contribution < -0.4 is 15.8 Å². The van der Waals surface area contributed by atoms with E-state index in [-0.39, 0.29) is 18.1 Å². The number of rotatable bonds is 12. The Bertz CT molecular complexity index is 882. The van der Waals surface area contributed by atoms with Crippen molar-refractivity contribution in [1.29, 1.82) is 0 Å². The number of nitrogens with two attached hydrogens (primary N) is 1. The number of thioether (sulfide) groups is 1. The summed E-state index contributed by atoms with van der Waals surface area (Å²) >= 11 is 5.86. The summed E-state index contributed by atoms with van der Waals surface area (Å²) in [7, 11) is 1.35. The van der Waals surface area contributed by atoms with Gasteiger partial charge in [-0.3, -0.25) is 9.69 Å². The van der Waals surface area contributed by atoms with Crippen molar-refractivity contribution in [3.63, 3.8) is 0 Å². The van der Waals surface area contributed by atoms with Crippen LogP contribution in [0.3, 0.4) is 0 Å². The Morgan fingerprint density at radius 3 is 2.89 bits per heavy atom. The summed E-state index contributed by atoms with van der Waals surface area (Å²) in [4.78, 5) is 27.7. The van der Waals surface area contributed by atoms with Gasteiger partial charge in [0.15, 0.2) is 0 Å². The molecule has 1 aliphatic carbocycles. The molecule has 194 valence electrons. The first-order chi connectivity index (χ1) is 17.0. The van der Waals surface area contributed by atoms with Crippen LogP contribution in [0.25, 0.3) is 0 Å². The molecular weight excluding hydrogens is 482 g/mol. The summed E-state index contributed by atoms with van der Waals surface area (Å²) in [6, 6.07) is 5.10. The minimum atomic E-state index is -0.656. The molecule has 0 saturated carbocycles. The van der Waals surface area contributed by atoms with Gasteiger partial charge in [-0.15, -0.1) is 0 Å². The molecule has 4 atom stereocenters. The largest absolute Gasteiger partial charge is 0.489 e. The van der Waals surface area contributed by atoms with Crippen LogP contribution in [-0.4, -0.2) is 79.0 Å².